The smallest absolute Gasteiger partial charge is 0.359 e. The van der Waals surface area contributed by atoms with Crippen LogP contribution in [0, 0.1) is 13.8 Å². The average Bonchev–Trinajstić information content (AvgIpc) is 2.30. The van der Waals surface area contributed by atoms with Crippen molar-refractivity contribution in [1.82, 2.24) is 9.97 Å². The van der Waals surface area contributed by atoms with Crippen LogP contribution in [0.3, 0.4) is 0 Å². The van der Waals surface area contributed by atoms with E-state index in [1.54, 1.807) is 13.8 Å². The molecule has 0 aliphatic rings. The molecule has 1 aromatic rings. The SMILES string of the molecule is COC(=O)c1nc(C)c(C)nc1C(=O)OC. The number of hydrogen-bond acceptors (Lipinski definition) is 6. The Hall–Kier alpha value is -1.98. The van der Waals surface area contributed by atoms with Crippen LogP contribution >= 0.6 is 0 Å². The molecule has 16 heavy (non-hydrogen) atoms. The first kappa shape index (κ1) is 12.1. The molecule has 0 aliphatic heterocycles. The van der Waals surface area contributed by atoms with Gasteiger partial charge in [0.2, 0.25) is 0 Å². The van der Waals surface area contributed by atoms with Gasteiger partial charge in [0.1, 0.15) is 0 Å². The zero-order valence-corrected chi connectivity index (χ0v) is 9.53. The number of aromatic nitrogens is 2. The summed E-state index contributed by atoms with van der Waals surface area (Å²) in [5.41, 5.74) is 0.871. The van der Waals surface area contributed by atoms with E-state index >= 15 is 0 Å². The number of methoxy groups -OCH3 is 2. The lowest BCUT2D eigenvalue weighted by atomic mass is 10.2. The van der Waals surface area contributed by atoms with Crippen LogP contribution in [0.2, 0.25) is 0 Å². The van der Waals surface area contributed by atoms with Crippen molar-refractivity contribution in [3.8, 4) is 0 Å². The van der Waals surface area contributed by atoms with E-state index in [0.29, 0.717) is 11.4 Å². The summed E-state index contributed by atoms with van der Waals surface area (Å²) in [6.45, 7) is 3.38. The van der Waals surface area contributed by atoms with Gasteiger partial charge in [-0.2, -0.15) is 0 Å². The zero-order chi connectivity index (χ0) is 12.3. The molecule has 0 radical (unpaired) electrons. The number of aryl methyl sites for hydroxylation is 2. The molecule has 0 fully saturated rings. The maximum atomic E-state index is 11.4. The first-order valence-electron chi connectivity index (χ1n) is 4.53. The average molecular weight is 224 g/mol. The molecule has 0 amide bonds. The molecule has 0 aromatic carbocycles. The van der Waals surface area contributed by atoms with Crippen molar-refractivity contribution in [2.24, 2.45) is 0 Å². The summed E-state index contributed by atoms with van der Waals surface area (Å²) in [6.07, 6.45) is 0. The monoisotopic (exact) mass is 224 g/mol. The minimum atomic E-state index is -0.712. The lowest BCUT2D eigenvalue weighted by molar-refractivity contribution is 0.0543. The number of nitrogens with zero attached hydrogens (tertiary/aromatic N) is 2. The Morgan fingerprint density at radius 2 is 1.19 bits per heavy atom. The van der Waals surface area contributed by atoms with Crippen LogP contribution in [0.5, 0.6) is 0 Å². The summed E-state index contributed by atoms with van der Waals surface area (Å²) in [7, 11) is 2.42. The van der Waals surface area contributed by atoms with E-state index < -0.39 is 11.9 Å². The predicted octanol–water partition coefficient (Wildman–Crippen LogP) is 0.667. The van der Waals surface area contributed by atoms with Crippen LogP contribution in [0.25, 0.3) is 0 Å². The Labute approximate surface area is 92.6 Å². The second-order valence-corrected chi connectivity index (χ2v) is 3.07. The van der Waals surface area contributed by atoms with Crippen LogP contribution in [-0.4, -0.2) is 36.1 Å². The highest BCUT2D eigenvalue weighted by Gasteiger charge is 2.23. The van der Waals surface area contributed by atoms with Gasteiger partial charge in [0.25, 0.3) is 0 Å². The number of hydrogen-bond donors (Lipinski definition) is 0. The number of rotatable bonds is 2. The van der Waals surface area contributed by atoms with E-state index in [0.717, 1.165) is 0 Å². The molecule has 0 spiro atoms. The van der Waals surface area contributed by atoms with Crippen molar-refractivity contribution in [1.29, 1.82) is 0 Å². The maximum absolute atomic E-state index is 11.4. The Morgan fingerprint density at radius 3 is 1.44 bits per heavy atom. The number of carbonyl (C=O) groups is 2. The number of esters is 2. The van der Waals surface area contributed by atoms with Gasteiger partial charge in [0, 0.05) is 0 Å². The molecule has 0 unspecified atom stereocenters. The number of carbonyl (C=O) groups excluding carboxylic acids is 2. The van der Waals surface area contributed by atoms with Crippen LogP contribution in [0.4, 0.5) is 0 Å². The molecule has 86 valence electrons. The zero-order valence-electron chi connectivity index (χ0n) is 9.53. The standard InChI is InChI=1S/C10H12N2O4/c1-5-6(2)12-8(10(14)16-4)7(11-5)9(13)15-3/h1-4H3. The van der Waals surface area contributed by atoms with Crippen molar-refractivity contribution in [2.45, 2.75) is 13.8 Å². The minimum Gasteiger partial charge on any atom is -0.464 e. The highest BCUT2D eigenvalue weighted by atomic mass is 16.5. The molecular formula is C10H12N2O4. The first-order valence-corrected chi connectivity index (χ1v) is 4.53. The quantitative estimate of drug-likeness (QED) is 0.687. The Bertz CT molecular complexity index is 402. The molecule has 0 aliphatic carbocycles. The molecule has 1 aromatic heterocycles. The van der Waals surface area contributed by atoms with Gasteiger partial charge in [-0.25, -0.2) is 19.6 Å². The Balaban J connectivity index is 3.38. The van der Waals surface area contributed by atoms with E-state index in [9.17, 15) is 9.59 Å². The third-order valence-corrected chi connectivity index (χ3v) is 2.06. The van der Waals surface area contributed by atoms with Gasteiger partial charge in [0.05, 0.1) is 25.6 Å². The van der Waals surface area contributed by atoms with E-state index in [1.165, 1.54) is 14.2 Å². The van der Waals surface area contributed by atoms with Gasteiger partial charge in [-0.1, -0.05) is 0 Å². The molecule has 0 bridgehead atoms. The summed E-state index contributed by atoms with van der Waals surface area (Å²) < 4.78 is 9.03. The molecule has 6 heteroatoms. The lowest BCUT2D eigenvalue weighted by Gasteiger charge is -2.07. The summed E-state index contributed by atoms with van der Waals surface area (Å²) in [6, 6.07) is 0. The first-order chi connectivity index (χ1) is 7.51. The minimum absolute atomic E-state index is 0.127. The largest absolute Gasteiger partial charge is 0.464 e. The maximum Gasteiger partial charge on any atom is 0.359 e. The summed E-state index contributed by atoms with van der Waals surface area (Å²) in [5.74, 6) is -1.42. The summed E-state index contributed by atoms with van der Waals surface area (Å²) in [5, 5.41) is 0. The van der Waals surface area contributed by atoms with Crippen LogP contribution in [-0.2, 0) is 9.47 Å². The van der Waals surface area contributed by atoms with Gasteiger partial charge in [0.15, 0.2) is 11.4 Å². The van der Waals surface area contributed by atoms with Crippen molar-refractivity contribution < 1.29 is 19.1 Å². The molecule has 6 nitrogen and oxygen atoms in total. The Kier molecular flexibility index (Phi) is 3.55. The summed E-state index contributed by atoms with van der Waals surface area (Å²) >= 11 is 0. The molecule has 0 saturated heterocycles. The topological polar surface area (TPSA) is 78.4 Å². The molecule has 1 rings (SSSR count). The highest BCUT2D eigenvalue weighted by molar-refractivity contribution is 6.00. The fourth-order valence-electron chi connectivity index (χ4n) is 1.08. The normalized spacial score (nSPS) is 9.75. The van der Waals surface area contributed by atoms with Crippen LogP contribution < -0.4 is 0 Å². The van der Waals surface area contributed by atoms with Gasteiger partial charge >= 0.3 is 11.9 Å². The molecule has 1 heterocycles. The molecular weight excluding hydrogens is 212 g/mol. The van der Waals surface area contributed by atoms with Crippen LogP contribution in [0.1, 0.15) is 32.4 Å². The highest BCUT2D eigenvalue weighted by Crippen LogP contribution is 2.10. The summed E-state index contributed by atoms with van der Waals surface area (Å²) in [4.78, 5) is 30.7. The fraction of sp³-hybridized carbons (Fsp3) is 0.400. The predicted molar refractivity (Wildman–Crippen MR) is 54.2 cm³/mol. The van der Waals surface area contributed by atoms with Crippen molar-refractivity contribution >= 4 is 11.9 Å². The molecule has 0 saturated carbocycles. The van der Waals surface area contributed by atoms with Gasteiger partial charge in [-0.15, -0.1) is 0 Å². The lowest BCUT2D eigenvalue weighted by Crippen LogP contribution is -2.17. The fourth-order valence-corrected chi connectivity index (χ4v) is 1.08. The van der Waals surface area contributed by atoms with E-state index in [4.69, 9.17) is 0 Å². The van der Waals surface area contributed by atoms with E-state index in [2.05, 4.69) is 19.4 Å². The van der Waals surface area contributed by atoms with Crippen molar-refractivity contribution in [3.05, 3.63) is 22.8 Å². The van der Waals surface area contributed by atoms with E-state index in [-0.39, 0.29) is 11.4 Å². The third-order valence-electron chi connectivity index (χ3n) is 2.06. The second-order valence-electron chi connectivity index (χ2n) is 3.07. The second kappa shape index (κ2) is 4.69. The number of ether oxygens (including phenoxy) is 2. The van der Waals surface area contributed by atoms with Crippen molar-refractivity contribution in [2.75, 3.05) is 14.2 Å². The van der Waals surface area contributed by atoms with Gasteiger partial charge in [-0.05, 0) is 13.8 Å². The molecule has 0 atom stereocenters. The van der Waals surface area contributed by atoms with Gasteiger partial charge in [-0.3, -0.25) is 0 Å². The van der Waals surface area contributed by atoms with Crippen molar-refractivity contribution in [3.63, 3.8) is 0 Å². The van der Waals surface area contributed by atoms with E-state index in [1.807, 2.05) is 0 Å². The third kappa shape index (κ3) is 2.16. The Morgan fingerprint density at radius 1 is 0.875 bits per heavy atom. The van der Waals surface area contributed by atoms with Gasteiger partial charge < -0.3 is 9.47 Å². The van der Waals surface area contributed by atoms with Crippen LogP contribution in [0.15, 0.2) is 0 Å². The molecule has 0 N–H and O–H groups in total.